The van der Waals surface area contributed by atoms with Gasteiger partial charge in [-0.05, 0) is 24.1 Å². The first-order valence-corrected chi connectivity index (χ1v) is 9.01. The molecule has 0 radical (unpaired) electrons. The SMILES string of the molecule is COCCN1CCN(c2cccc(CS(=O)(=O)O)c2C)CC1. The van der Waals surface area contributed by atoms with Crippen LogP contribution in [-0.4, -0.2) is 64.3 Å². The summed E-state index contributed by atoms with van der Waals surface area (Å²) in [6.07, 6.45) is 0. The normalized spacial score (nSPS) is 17.0. The molecular formula is C15H24N2O4S. The minimum absolute atomic E-state index is 0.333. The zero-order chi connectivity index (χ0) is 16.2. The highest BCUT2D eigenvalue weighted by Gasteiger charge is 2.19. The van der Waals surface area contributed by atoms with E-state index in [1.54, 1.807) is 13.2 Å². The molecule has 2 rings (SSSR count). The molecule has 6 nitrogen and oxygen atoms in total. The maximum absolute atomic E-state index is 11.1. The summed E-state index contributed by atoms with van der Waals surface area (Å²) in [5, 5.41) is 0. The van der Waals surface area contributed by atoms with Gasteiger partial charge in [0.2, 0.25) is 0 Å². The largest absolute Gasteiger partial charge is 0.383 e. The maximum Gasteiger partial charge on any atom is 0.269 e. The summed E-state index contributed by atoms with van der Waals surface area (Å²) >= 11 is 0. The van der Waals surface area contributed by atoms with Crippen molar-refractivity contribution in [3.63, 3.8) is 0 Å². The Kier molecular flexibility index (Phi) is 5.80. The van der Waals surface area contributed by atoms with Gasteiger partial charge in [-0.25, -0.2) is 0 Å². The average molecular weight is 328 g/mol. The Morgan fingerprint density at radius 2 is 1.91 bits per heavy atom. The van der Waals surface area contributed by atoms with Crippen molar-refractivity contribution in [2.24, 2.45) is 0 Å². The lowest BCUT2D eigenvalue weighted by molar-refractivity contribution is 0.144. The molecular weight excluding hydrogens is 304 g/mol. The van der Waals surface area contributed by atoms with Crippen LogP contribution in [-0.2, 0) is 20.6 Å². The Bertz CT molecular complexity index is 596. The molecule has 1 fully saturated rings. The van der Waals surface area contributed by atoms with E-state index < -0.39 is 10.1 Å². The van der Waals surface area contributed by atoms with Crippen LogP contribution < -0.4 is 4.90 Å². The number of hydrogen-bond acceptors (Lipinski definition) is 5. The van der Waals surface area contributed by atoms with Gasteiger partial charge in [-0.2, -0.15) is 8.42 Å². The van der Waals surface area contributed by atoms with Crippen molar-refractivity contribution in [3.05, 3.63) is 29.3 Å². The minimum atomic E-state index is -4.01. The monoisotopic (exact) mass is 328 g/mol. The maximum atomic E-state index is 11.1. The molecule has 0 bridgehead atoms. The summed E-state index contributed by atoms with van der Waals surface area (Å²) in [6.45, 7) is 7.32. The van der Waals surface area contributed by atoms with Gasteiger partial charge in [0.1, 0.15) is 5.75 Å². The number of methoxy groups -OCH3 is 1. The molecule has 0 unspecified atom stereocenters. The van der Waals surface area contributed by atoms with Gasteiger partial charge in [0.15, 0.2) is 0 Å². The molecule has 0 saturated carbocycles. The highest BCUT2D eigenvalue weighted by atomic mass is 32.2. The molecule has 22 heavy (non-hydrogen) atoms. The number of anilines is 1. The van der Waals surface area contributed by atoms with Crippen LogP contribution in [0, 0.1) is 6.92 Å². The molecule has 1 aliphatic rings. The fraction of sp³-hybridized carbons (Fsp3) is 0.600. The van der Waals surface area contributed by atoms with Crippen LogP contribution in [0.25, 0.3) is 0 Å². The van der Waals surface area contributed by atoms with Gasteiger partial charge >= 0.3 is 0 Å². The van der Waals surface area contributed by atoms with E-state index in [0.717, 1.165) is 50.6 Å². The molecule has 0 atom stereocenters. The molecule has 1 N–H and O–H groups in total. The van der Waals surface area contributed by atoms with Gasteiger partial charge < -0.3 is 9.64 Å². The first-order chi connectivity index (χ1) is 10.4. The zero-order valence-electron chi connectivity index (χ0n) is 13.2. The Morgan fingerprint density at radius 3 is 2.50 bits per heavy atom. The van der Waals surface area contributed by atoms with Crippen molar-refractivity contribution in [3.8, 4) is 0 Å². The predicted octanol–water partition coefficient (Wildman–Crippen LogP) is 1.15. The van der Waals surface area contributed by atoms with Crippen LogP contribution in [0.3, 0.4) is 0 Å². The van der Waals surface area contributed by atoms with E-state index in [9.17, 15) is 8.42 Å². The van der Waals surface area contributed by atoms with E-state index >= 15 is 0 Å². The van der Waals surface area contributed by atoms with E-state index in [4.69, 9.17) is 9.29 Å². The molecule has 0 aliphatic carbocycles. The highest BCUT2D eigenvalue weighted by Crippen LogP contribution is 2.25. The molecule has 0 spiro atoms. The van der Waals surface area contributed by atoms with Crippen molar-refractivity contribution >= 4 is 15.8 Å². The molecule has 1 aromatic rings. The number of benzene rings is 1. The fourth-order valence-electron chi connectivity index (χ4n) is 2.80. The number of hydrogen-bond donors (Lipinski definition) is 1. The van der Waals surface area contributed by atoms with Crippen molar-refractivity contribution in [1.29, 1.82) is 0 Å². The van der Waals surface area contributed by atoms with Crippen molar-refractivity contribution in [2.45, 2.75) is 12.7 Å². The van der Waals surface area contributed by atoms with Crippen LogP contribution in [0.15, 0.2) is 18.2 Å². The molecule has 1 heterocycles. The standard InChI is InChI=1S/C15H24N2O4S/c1-13-14(12-22(18,19)20)4-3-5-15(13)17-8-6-16(7-9-17)10-11-21-2/h3-5H,6-12H2,1-2H3,(H,18,19,20). The van der Waals surface area contributed by atoms with E-state index in [0.29, 0.717) is 5.56 Å². The van der Waals surface area contributed by atoms with Crippen LogP contribution in [0.4, 0.5) is 5.69 Å². The third kappa shape index (κ3) is 4.67. The Labute approximate surface area is 132 Å². The summed E-state index contributed by atoms with van der Waals surface area (Å²) in [5.41, 5.74) is 2.62. The Morgan fingerprint density at radius 1 is 1.23 bits per heavy atom. The van der Waals surface area contributed by atoms with Crippen LogP contribution >= 0.6 is 0 Å². The Balaban J connectivity index is 2.06. The van der Waals surface area contributed by atoms with E-state index in [1.807, 2.05) is 19.1 Å². The lowest BCUT2D eigenvalue weighted by Crippen LogP contribution is -2.47. The number of rotatable bonds is 6. The first-order valence-electron chi connectivity index (χ1n) is 7.40. The Hall–Kier alpha value is -1.15. The van der Waals surface area contributed by atoms with Gasteiger partial charge in [-0.3, -0.25) is 9.45 Å². The summed E-state index contributed by atoms with van der Waals surface area (Å²) in [4.78, 5) is 4.63. The molecule has 0 aromatic heterocycles. The van der Waals surface area contributed by atoms with Crippen molar-refractivity contribution < 1.29 is 17.7 Å². The average Bonchev–Trinajstić information content (AvgIpc) is 2.47. The summed E-state index contributed by atoms with van der Waals surface area (Å²) < 4.78 is 36.4. The first kappa shape index (κ1) is 17.2. The van der Waals surface area contributed by atoms with Crippen molar-refractivity contribution in [2.75, 3.05) is 51.3 Å². The van der Waals surface area contributed by atoms with Gasteiger partial charge in [0.25, 0.3) is 10.1 Å². The quantitative estimate of drug-likeness (QED) is 0.790. The zero-order valence-corrected chi connectivity index (χ0v) is 14.0. The molecule has 7 heteroatoms. The second-order valence-electron chi connectivity index (χ2n) is 5.61. The number of ether oxygens (including phenoxy) is 1. The molecule has 1 aliphatic heterocycles. The van der Waals surface area contributed by atoms with Crippen LogP contribution in [0.5, 0.6) is 0 Å². The van der Waals surface area contributed by atoms with E-state index in [-0.39, 0.29) is 5.75 Å². The third-order valence-corrected chi connectivity index (χ3v) is 4.76. The van der Waals surface area contributed by atoms with Gasteiger partial charge in [-0.15, -0.1) is 0 Å². The number of nitrogens with zero attached hydrogens (tertiary/aromatic N) is 2. The molecule has 124 valence electrons. The molecule has 1 aromatic carbocycles. The van der Waals surface area contributed by atoms with E-state index in [1.165, 1.54) is 0 Å². The van der Waals surface area contributed by atoms with Gasteiger partial charge in [0, 0.05) is 45.5 Å². The minimum Gasteiger partial charge on any atom is -0.383 e. The fourth-order valence-corrected chi connectivity index (χ4v) is 3.50. The lowest BCUT2D eigenvalue weighted by Gasteiger charge is -2.37. The van der Waals surface area contributed by atoms with Crippen molar-refractivity contribution in [1.82, 2.24) is 4.90 Å². The lowest BCUT2D eigenvalue weighted by atomic mass is 10.1. The molecule has 1 saturated heterocycles. The molecule has 0 amide bonds. The summed E-state index contributed by atoms with van der Waals surface area (Å²) in [6, 6.07) is 5.61. The van der Waals surface area contributed by atoms with Crippen LogP contribution in [0.2, 0.25) is 0 Å². The predicted molar refractivity (Wildman–Crippen MR) is 87.0 cm³/mol. The third-order valence-electron chi connectivity index (χ3n) is 4.08. The highest BCUT2D eigenvalue weighted by molar-refractivity contribution is 7.85. The smallest absolute Gasteiger partial charge is 0.269 e. The topological polar surface area (TPSA) is 70.1 Å². The van der Waals surface area contributed by atoms with Crippen LogP contribution in [0.1, 0.15) is 11.1 Å². The summed E-state index contributed by atoms with van der Waals surface area (Å²) in [7, 11) is -2.30. The second kappa shape index (κ2) is 7.41. The second-order valence-corrected chi connectivity index (χ2v) is 7.06. The van der Waals surface area contributed by atoms with Gasteiger partial charge in [0.05, 0.1) is 6.61 Å². The summed E-state index contributed by atoms with van der Waals surface area (Å²) in [5.74, 6) is -0.333. The van der Waals surface area contributed by atoms with E-state index in [2.05, 4.69) is 9.80 Å². The van der Waals surface area contributed by atoms with Gasteiger partial charge in [-0.1, -0.05) is 12.1 Å². The number of piperazine rings is 1.